The van der Waals surface area contributed by atoms with Crippen LogP contribution in [0.2, 0.25) is 0 Å². The Kier molecular flexibility index (Phi) is 4.66. The molecule has 0 bridgehead atoms. The van der Waals surface area contributed by atoms with Crippen molar-refractivity contribution in [2.75, 3.05) is 26.3 Å². The molecule has 0 saturated carbocycles. The highest BCUT2D eigenvalue weighted by atomic mass is 16.6. The predicted molar refractivity (Wildman–Crippen MR) is 87.6 cm³/mol. The Morgan fingerprint density at radius 1 is 1.28 bits per heavy atom. The third kappa shape index (κ3) is 3.45. The molecular weight excluding hydrogens is 328 g/mol. The lowest BCUT2D eigenvalue weighted by Gasteiger charge is -2.33. The van der Waals surface area contributed by atoms with Crippen molar-refractivity contribution in [1.29, 1.82) is 0 Å². The highest BCUT2D eigenvalue weighted by molar-refractivity contribution is 5.98. The van der Waals surface area contributed by atoms with Crippen LogP contribution >= 0.6 is 0 Å². The zero-order valence-electron chi connectivity index (χ0n) is 13.7. The summed E-state index contributed by atoms with van der Waals surface area (Å²) in [5.41, 5.74) is 1.46. The number of nitrogens with one attached hydrogen (secondary N) is 2. The molecule has 25 heavy (non-hydrogen) atoms. The lowest BCUT2D eigenvalue weighted by molar-refractivity contribution is -0.384. The minimum absolute atomic E-state index is 0.0502. The van der Waals surface area contributed by atoms with Crippen LogP contribution < -0.4 is 10.6 Å². The molecule has 2 heterocycles. The number of carbonyl (C=O) groups excluding carboxylic acids is 2. The Morgan fingerprint density at radius 2 is 1.92 bits per heavy atom. The second-order valence-electron chi connectivity index (χ2n) is 5.82. The Bertz CT molecular complexity index is 737. The van der Waals surface area contributed by atoms with Gasteiger partial charge in [0.1, 0.15) is 0 Å². The van der Waals surface area contributed by atoms with E-state index < -0.39 is 17.0 Å². The molecule has 0 aliphatic carbocycles. The zero-order chi connectivity index (χ0) is 18.0. The lowest BCUT2D eigenvalue weighted by Crippen LogP contribution is -2.49. The van der Waals surface area contributed by atoms with E-state index in [0.717, 1.165) is 0 Å². The number of amides is 3. The molecule has 1 saturated heterocycles. The van der Waals surface area contributed by atoms with Crippen LogP contribution in [0.15, 0.2) is 35.5 Å². The van der Waals surface area contributed by atoms with Crippen LogP contribution in [-0.4, -0.2) is 48.1 Å². The van der Waals surface area contributed by atoms with Crippen molar-refractivity contribution in [3.05, 3.63) is 51.2 Å². The Hall–Kier alpha value is -2.94. The topological polar surface area (TPSA) is 114 Å². The van der Waals surface area contributed by atoms with Gasteiger partial charge in [-0.1, -0.05) is 0 Å². The number of urea groups is 1. The number of ether oxygens (including phenoxy) is 1. The molecule has 2 N–H and O–H groups in total. The van der Waals surface area contributed by atoms with Crippen LogP contribution in [0.1, 0.15) is 18.5 Å². The van der Waals surface area contributed by atoms with Crippen molar-refractivity contribution in [2.45, 2.75) is 13.0 Å². The summed E-state index contributed by atoms with van der Waals surface area (Å²) < 4.78 is 5.27. The van der Waals surface area contributed by atoms with Gasteiger partial charge < -0.3 is 20.3 Å². The summed E-state index contributed by atoms with van der Waals surface area (Å²) in [6, 6.07) is 4.73. The fourth-order valence-corrected chi connectivity index (χ4v) is 2.95. The first-order valence-corrected chi connectivity index (χ1v) is 7.87. The largest absolute Gasteiger partial charge is 0.378 e. The van der Waals surface area contributed by atoms with Crippen LogP contribution in [0, 0.1) is 10.1 Å². The smallest absolute Gasteiger partial charge is 0.319 e. The average molecular weight is 346 g/mol. The molecule has 0 radical (unpaired) electrons. The number of benzene rings is 1. The molecule has 9 nitrogen and oxygen atoms in total. The van der Waals surface area contributed by atoms with E-state index in [1.54, 1.807) is 24.0 Å². The van der Waals surface area contributed by atoms with Crippen molar-refractivity contribution >= 4 is 17.6 Å². The summed E-state index contributed by atoms with van der Waals surface area (Å²) in [5.74, 6) is -0.184. The SMILES string of the molecule is CC1=C(C(=O)N2CCOCC2)C(c2ccc([N+](=O)[O-])cc2)NC(=O)N1. The van der Waals surface area contributed by atoms with E-state index in [-0.39, 0.29) is 11.6 Å². The van der Waals surface area contributed by atoms with Crippen LogP contribution in [0.25, 0.3) is 0 Å². The van der Waals surface area contributed by atoms with Crippen LogP contribution in [-0.2, 0) is 9.53 Å². The number of non-ortho nitro benzene ring substituents is 1. The molecule has 3 amide bonds. The third-order valence-electron chi connectivity index (χ3n) is 4.24. The zero-order valence-corrected chi connectivity index (χ0v) is 13.7. The molecule has 1 atom stereocenters. The third-order valence-corrected chi connectivity index (χ3v) is 4.24. The van der Waals surface area contributed by atoms with E-state index in [1.165, 1.54) is 12.1 Å². The first kappa shape index (κ1) is 16.9. The number of nitro groups is 1. The molecule has 1 aromatic rings. The molecular formula is C16H18N4O5. The molecule has 9 heteroatoms. The van der Waals surface area contributed by atoms with Crippen molar-refractivity contribution in [2.24, 2.45) is 0 Å². The van der Waals surface area contributed by atoms with Gasteiger partial charge in [0, 0.05) is 30.9 Å². The fourth-order valence-electron chi connectivity index (χ4n) is 2.95. The molecule has 1 aromatic carbocycles. The van der Waals surface area contributed by atoms with Gasteiger partial charge in [0.25, 0.3) is 11.6 Å². The van der Waals surface area contributed by atoms with E-state index in [4.69, 9.17) is 4.74 Å². The predicted octanol–water partition coefficient (Wildman–Crippen LogP) is 1.08. The molecule has 0 spiro atoms. The van der Waals surface area contributed by atoms with Gasteiger partial charge in [0.2, 0.25) is 0 Å². The number of hydrogen-bond acceptors (Lipinski definition) is 5. The highest BCUT2D eigenvalue weighted by Gasteiger charge is 2.34. The quantitative estimate of drug-likeness (QED) is 0.628. The Balaban J connectivity index is 1.94. The van der Waals surface area contributed by atoms with Crippen LogP contribution in [0.3, 0.4) is 0 Å². The monoisotopic (exact) mass is 346 g/mol. The standard InChI is InChI=1S/C16H18N4O5/c1-10-13(15(21)19-6-8-25-9-7-19)14(18-16(22)17-10)11-2-4-12(5-3-11)20(23)24/h2-5,14H,6-9H2,1H3,(H2,17,18,22). The number of morpholine rings is 1. The first-order valence-electron chi connectivity index (χ1n) is 7.87. The van der Waals surface area contributed by atoms with Crippen molar-refractivity contribution in [1.82, 2.24) is 15.5 Å². The van der Waals surface area contributed by atoms with Gasteiger partial charge in [-0.3, -0.25) is 14.9 Å². The number of nitrogens with zero attached hydrogens (tertiary/aromatic N) is 2. The number of nitro benzene ring substituents is 1. The summed E-state index contributed by atoms with van der Waals surface area (Å²) in [6.07, 6.45) is 0. The van der Waals surface area contributed by atoms with Gasteiger partial charge in [0.05, 0.1) is 29.8 Å². The van der Waals surface area contributed by atoms with Crippen molar-refractivity contribution < 1.29 is 19.2 Å². The molecule has 0 aromatic heterocycles. The van der Waals surface area contributed by atoms with Gasteiger partial charge in [-0.15, -0.1) is 0 Å². The maximum Gasteiger partial charge on any atom is 0.319 e. The summed E-state index contributed by atoms with van der Waals surface area (Å²) >= 11 is 0. The number of rotatable bonds is 3. The number of allylic oxidation sites excluding steroid dienone is 1. The molecule has 3 rings (SSSR count). The van der Waals surface area contributed by atoms with Gasteiger partial charge in [0.15, 0.2) is 0 Å². The molecule has 132 valence electrons. The van der Waals surface area contributed by atoms with E-state index in [9.17, 15) is 19.7 Å². The number of hydrogen-bond donors (Lipinski definition) is 2. The maximum atomic E-state index is 12.9. The summed E-state index contributed by atoms with van der Waals surface area (Å²) in [7, 11) is 0. The summed E-state index contributed by atoms with van der Waals surface area (Å²) in [5, 5.41) is 16.2. The first-order chi connectivity index (χ1) is 12.0. The summed E-state index contributed by atoms with van der Waals surface area (Å²) in [4.78, 5) is 36.8. The second kappa shape index (κ2) is 6.89. The molecule has 1 unspecified atom stereocenters. The Labute approximate surface area is 143 Å². The molecule has 1 fully saturated rings. The minimum Gasteiger partial charge on any atom is -0.378 e. The normalized spacial score (nSPS) is 20.8. The van der Waals surface area contributed by atoms with Crippen molar-refractivity contribution in [3.63, 3.8) is 0 Å². The summed E-state index contributed by atoms with van der Waals surface area (Å²) in [6.45, 7) is 3.58. The van der Waals surface area contributed by atoms with E-state index >= 15 is 0 Å². The van der Waals surface area contributed by atoms with Gasteiger partial charge >= 0.3 is 6.03 Å². The second-order valence-corrected chi connectivity index (χ2v) is 5.82. The van der Waals surface area contributed by atoms with Crippen LogP contribution in [0.4, 0.5) is 10.5 Å². The van der Waals surface area contributed by atoms with Crippen LogP contribution in [0.5, 0.6) is 0 Å². The van der Waals surface area contributed by atoms with Gasteiger partial charge in [-0.25, -0.2) is 4.79 Å². The van der Waals surface area contributed by atoms with Gasteiger partial charge in [-0.05, 0) is 24.6 Å². The van der Waals surface area contributed by atoms with E-state index in [2.05, 4.69) is 10.6 Å². The Morgan fingerprint density at radius 3 is 2.52 bits per heavy atom. The fraction of sp³-hybridized carbons (Fsp3) is 0.375. The minimum atomic E-state index is -0.662. The van der Waals surface area contributed by atoms with Crippen molar-refractivity contribution in [3.8, 4) is 0 Å². The van der Waals surface area contributed by atoms with Gasteiger partial charge in [-0.2, -0.15) is 0 Å². The number of carbonyl (C=O) groups is 2. The van der Waals surface area contributed by atoms with E-state index in [0.29, 0.717) is 43.1 Å². The molecule has 2 aliphatic rings. The van der Waals surface area contributed by atoms with E-state index in [1.807, 2.05) is 0 Å². The average Bonchev–Trinajstić information content (AvgIpc) is 2.61. The highest BCUT2D eigenvalue weighted by Crippen LogP contribution is 2.29. The molecule has 2 aliphatic heterocycles. The maximum absolute atomic E-state index is 12.9. The lowest BCUT2D eigenvalue weighted by atomic mass is 9.94.